The fourth-order valence-electron chi connectivity index (χ4n) is 15.6. The van der Waals surface area contributed by atoms with E-state index in [1.165, 1.54) is 0 Å². The summed E-state index contributed by atoms with van der Waals surface area (Å²) in [5.74, 6) is 3.19. The van der Waals surface area contributed by atoms with E-state index in [2.05, 4.69) is 31.9 Å². The van der Waals surface area contributed by atoms with Gasteiger partial charge in [0, 0.05) is 43.2 Å². The lowest BCUT2D eigenvalue weighted by Gasteiger charge is -2.54. The highest BCUT2D eigenvalue weighted by Crippen LogP contribution is 3.11. The van der Waals surface area contributed by atoms with Gasteiger partial charge in [-0.3, -0.25) is 14.4 Å². The van der Waals surface area contributed by atoms with Crippen molar-refractivity contribution in [3.63, 3.8) is 0 Å². The predicted octanol–water partition coefficient (Wildman–Crippen LogP) is 2.05. The first kappa shape index (κ1) is 16.2. The minimum atomic E-state index is -0.355. The lowest BCUT2D eigenvalue weighted by atomic mass is 9.51. The van der Waals surface area contributed by atoms with Crippen LogP contribution in [0.15, 0.2) is 0 Å². The molecular weight excluding hydrogens is 528 g/mol. The van der Waals surface area contributed by atoms with E-state index in [1.807, 2.05) is 6.92 Å². The van der Waals surface area contributed by atoms with Crippen molar-refractivity contribution >= 4 is 49.6 Å². The minimum absolute atomic E-state index is 0.00740. The second-order valence-corrected chi connectivity index (χ2v) is 15.4. The van der Waals surface area contributed by atoms with Crippen molar-refractivity contribution < 1.29 is 23.9 Å². The molecule has 0 aromatic heterocycles. The van der Waals surface area contributed by atoms with Crippen LogP contribution in [0.5, 0.6) is 0 Å². The second kappa shape index (κ2) is 3.72. The van der Waals surface area contributed by atoms with Gasteiger partial charge in [-0.15, -0.1) is 0 Å². The van der Waals surface area contributed by atoms with E-state index >= 15 is 0 Å². The number of esters is 2. The van der Waals surface area contributed by atoms with Crippen LogP contribution < -0.4 is 0 Å². The number of carbonyl (C=O) groups is 3. The summed E-state index contributed by atoms with van der Waals surface area (Å²) in [6.45, 7) is 2.29. The molecule has 5 nitrogen and oxygen atoms in total. The summed E-state index contributed by atoms with van der Waals surface area (Å²) < 4.78 is 11.4. The molecule has 16 atom stereocenters. The van der Waals surface area contributed by atoms with E-state index in [0.29, 0.717) is 59.7 Å². The molecule has 0 N–H and O–H groups in total. The van der Waals surface area contributed by atoms with E-state index < -0.39 is 0 Å². The first-order valence-electron chi connectivity index (χ1n) is 12.2. The Morgan fingerprint density at radius 3 is 1.97 bits per heavy atom. The highest BCUT2D eigenvalue weighted by Gasteiger charge is 3.14. The third-order valence-corrected chi connectivity index (χ3v) is 17.4. The van der Waals surface area contributed by atoms with Gasteiger partial charge >= 0.3 is 11.9 Å². The molecule has 2 saturated heterocycles. The molecule has 7 heteroatoms. The van der Waals surface area contributed by atoms with Crippen LogP contribution in [0.25, 0.3) is 0 Å². The average Bonchev–Trinajstić information content (AvgIpc) is 3.49. The van der Waals surface area contributed by atoms with Crippen LogP contribution in [0.2, 0.25) is 0 Å². The normalized spacial score (nSPS) is 81.6. The summed E-state index contributed by atoms with van der Waals surface area (Å²) in [4.78, 5) is 41.4. The maximum atomic E-state index is 14.2. The number of ketones is 1. The Kier molecular flexibility index (Phi) is 1.95. The summed E-state index contributed by atoms with van der Waals surface area (Å²) in [6.07, 6.45) is 0.00740. The molecule has 8 bridgehead atoms. The second-order valence-electron chi connectivity index (χ2n) is 12.8. The van der Waals surface area contributed by atoms with Crippen LogP contribution >= 0.6 is 31.9 Å². The number of carbonyl (C=O) groups excluding carboxylic acids is 3. The summed E-state index contributed by atoms with van der Waals surface area (Å²) in [6, 6.07) is 0. The molecule has 2 spiro atoms. The molecule has 12 rings (SSSR count). The van der Waals surface area contributed by atoms with Crippen molar-refractivity contribution in [1.29, 1.82) is 0 Å². The number of halogens is 2. The monoisotopic (exact) mass is 546 g/mol. The largest absolute Gasteiger partial charge is 0.466 e. The van der Waals surface area contributed by atoms with Crippen molar-refractivity contribution in [3.8, 4) is 0 Å². The van der Waals surface area contributed by atoms with Gasteiger partial charge in [-0.25, -0.2) is 0 Å². The Balaban J connectivity index is 1.38. The molecule has 0 aromatic carbocycles. The van der Waals surface area contributed by atoms with E-state index in [-0.39, 0.29) is 73.0 Å². The van der Waals surface area contributed by atoms with Gasteiger partial charge in [-0.1, -0.05) is 31.9 Å². The number of hydrogen-bond acceptors (Lipinski definition) is 5. The van der Waals surface area contributed by atoms with Crippen LogP contribution in [0.1, 0.15) is 6.92 Å². The molecule has 160 valence electrons. The zero-order valence-electron chi connectivity index (χ0n) is 16.7. The van der Waals surface area contributed by atoms with E-state index in [0.717, 1.165) is 0 Å². The highest BCUT2D eigenvalue weighted by atomic mass is 79.9. The van der Waals surface area contributed by atoms with Gasteiger partial charge in [-0.05, 0) is 54.3 Å². The van der Waals surface area contributed by atoms with Crippen LogP contribution in [-0.2, 0) is 23.9 Å². The van der Waals surface area contributed by atoms with Crippen molar-refractivity contribution in [2.24, 2.45) is 93.7 Å². The zero-order chi connectivity index (χ0) is 20.5. The van der Waals surface area contributed by atoms with Crippen LogP contribution in [0, 0.1) is 93.7 Å². The van der Waals surface area contributed by atoms with Gasteiger partial charge in [-0.2, -0.15) is 0 Å². The van der Waals surface area contributed by atoms with Crippen LogP contribution in [-0.4, -0.2) is 39.1 Å². The van der Waals surface area contributed by atoms with Gasteiger partial charge < -0.3 is 9.47 Å². The summed E-state index contributed by atoms with van der Waals surface area (Å²) in [5.41, 5.74) is -0.121. The number of fused-ring (bicyclic) bond motifs is 5. The van der Waals surface area contributed by atoms with Crippen molar-refractivity contribution in [1.82, 2.24) is 0 Å². The number of Topliss-reactive ketones (excluding diaryl/α,β-unsaturated/α-hetero) is 1. The molecule has 31 heavy (non-hydrogen) atoms. The van der Waals surface area contributed by atoms with Gasteiger partial charge in [0.1, 0.15) is 11.9 Å². The molecule has 0 aromatic rings. The predicted molar refractivity (Wildman–Crippen MR) is 109 cm³/mol. The summed E-state index contributed by atoms with van der Waals surface area (Å²) in [7, 11) is 0. The van der Waals surface area contributed by atoms with Crippen LogP contribution in [0.4, 0.5) is 0 Å². The first-order valence-corrected chi connectivity index (χ1v) is 13.8. The van der Waals surface area contributed by atoms with Gasteiger partial charge in [0.25, 0.3) is 0 Å². The highest BCUT2D eigenvalue weighted by molar-refractivity contribution is 9.10. The Labute approximate surface area is 195 Å². The third-order valence-electron chi connectivity index (χ3n) is 14.0. The Bertz CT molecular complexity index is 1120. The number of rotatable bonds is 2. The quantitative estimate of drug-likeness (QED) is 0.391. The van der Waals surface area contributed by atoms with E-state index in [1.54, 1.807) is 0 Å². The number of ether oxygens (including phenoxy) is 2. The minimum Gasteiger partial charge on any atom is -0.466 e. The Morgan fingerprint density at radius 2 is 1.45 bits per heavy atom. The summed E-state index contributed by atoms with van der Waals surface area (Å²) in [5, 5.41) is 0. The first-order chi connectivity index (χ1) is 14.9. The Morgan fingerprint density at radius 1 is 0.903 bits per heavy atom. The van der Waals surface area contributed by atoms with Gasteiger partial charge in [0.2, 0.25) is 0 Å². The average molecular weight is 548 g/mol. The molecule has 0 amide bonds. The lowest BCUT2D eigenvalue weighted by Crippen LogP contribution is -2.57. The SMILES string of the molecule is CCOC(=O)C1C2C3C4C1C1(Br)C5C(=O)C6C7C5C5C8OC(=O)C9C3C(C87)(C62Br)C51C94. The number of alkyl halides is 2. The molecule has 12 aliphatic rings. The topological polar surface area (TPSA) is 69.7 Å². The van der Waals surface area contributed by atoms with E-state index in [9.17, 15) is 14.4 Å². The maximum absolute atomic E-state index is 14.2. The number of hydrogen-bond donors (Lipinski definition) is 0. The third kappa shape index (κ3) is 0.861. The van der Waals surface area contributed by atoms with Crippen LogP contribution in [0.3, 0.4) is 0 Å². The van der Waals surface area contributed by atoms with E-state index in [4.69, 9.17) is 9.47 Å². The molecular formula is C24H20Br2O5. The molecule has 16 unspecified atom stereocenters. The molecule has 10 aliphatic carbocycles. The zero-order valence-corrected chi connectivity index (χ0v) is 19.8. The Hall–Kier alpha value is -0.430. The fourth-order valence-corrected chi connectivity index (χ4v) is 19.6. The lowest BCUT2D eigenvalue weighted by molar-refractivity contribution is -0.155. The van der Waals surface area contributed by atoms with Gasteiger partial charge in [0.15, 0.2) is 0 Å². The fraction of sp³-hybridized carbons (Fsp3) is 0.875. The maximum Gasteiger partial charge on any atom is 0.309 e. The molecule has 2 aliphatic heterocycles. The van der Waals surface area contributed by atoms with Crippen molar-refractivity contribution in [2.75, 3.05) is 6.61 Å². The molecule has 10 saturated carbocycles. The molecule has 0 radical (unpaired) electrons. The molecule has 2 heterocycles. The van der Waals surface area contributed by atoms with Crippen molar-refractivity contribution in [3.05, 3.63) is 0 Å². The van der Waals surface area contributed by atoms with Crippen molar-refractivity contribution in [2.45, 2.75) is 21.7 Å². The smallest absolute Gasteiger partial charge is 0.309 e. The van der Waals surface area contributed by atoms with Gasteiger partial charge in [0.05, 0.1) is 18.4 Å². The summed E-state index contributed by atoms with van der Waals surface area (Å²) >= 11 is 8.84. The molecule has 12 fully saturated rings. The standard InChI is InChI=1S/C24H20Br2O5/c1-2-30-19(28)8-11-3-4-10-7-9(3)21-15-5-6-14(17(27)13(5)23(11,21)25)24(26,12(4)8)22(10,21)16(6)18(15)31-20(7)29/h3-16,18H,2H2,1H3.